The van der Waals surface area contributed by atoms with Gasteiger partial charge in [0.05, 0.1) is 23.4 Å². The summed E-state index contributed by atoms with van der Waals surface area (Å²) < 4.78 is 32.9. The number of hydrogen-bond acceptors (Lipinski definition) is 6. The lowest BCUT2D eigenvalue weighted by atomic mass is 9.87. The van der Waals surface area contributed by atoms with Crippen molar-refractivity contribution in [1.82, 2.24) is 19.9 Å². The Balaban J connectivity index is 1.58. The van der Waals surface area contributed by atoms with Crippen molar-refractivity contribution in [1.29, 1.82) is 0 Å². The Labute approximate surface area is 165 Å². The molecule has 3 rings (SSSR count). The van der Waals surface area contributed by atoms with E-state index in [1.54, 1.807) is 15.8 Å². The first kappa shape index (κ1) is 20.8. The van der Waals surface area contributed by atoms with Crippen molar-refractivity contribution >= 4 is 19.3 Å². The number of ether oxygens (including phenoxy) is 1. The minimum atomic E-state index is -1.07. The van der Waals surface area contributed by atoms with Crippen LogP contribution in [0.4, 0.5) is 9.18 Å². The lowest BCUT2D eigenvalue weighted by Gasteiger charge is -2.39. The number of carbonyl (C=O) groups excluding carboxylic acids is 1. The zero-order chi connectivity index (χ0) is 20.9. The van der Waals surface area contributed by atoms with E-state index in [0.29, 0.717) is 18.8 Å². The third-order valence-corrected chi connectivity index (χ3v) is 5.18. The third kappa shape index (κ3) is 4.22. The Morgan fingerprint density at radius 1 is 1.29 bits per heavy atom. The smallest absolute Gasteiger partial charge is 0.444 e. The van der Waals surface area contributed by atoms with Crippen molar-refractivity contribution in [3.63, 3.8) is 0 Å². The molecule has 8 nitrogen and oxygen atoms in total. The van der Waals surface area contributed by atoms with Gasteiger partial charge in [0, 0.05) is 13.1 Å². The minimum absolute atomic E-state index is 0.0120. The van der Waals surface area contributed by atoms with Crippen LogP contribution >= 0.6 is 0 Å². The fraction of sp³-hybridized carbons (Fsp3) is 0.722. The van der Waals surface area contributed by atoms with Gasteiger partial charge >= 0.3 is 13.2 Å². The second kappa shape index (κ2) is 6.84. The van der Waals surface area contributed by atoms with Crippen LogP contribution in [0.3, 0.4) is 0 Å². The highest BCUT2D eigenvalue weighted by molar-refractivity contribution is 6.54. The lowest BCUT2D eigenvalue weighted by Crippen LogP contribution is -2.52. The maximum Gasteiger partial charge on any atom is 0.525 e. The molecule has 0 bridgehead atoms. The molecule has 2 aliphatic rings. The monoisotopic (exact) mass is 394 g/mol. The quantitative estimate of drug-likeness (QED) is 0.734. The molecule has 2 saturated heterocycles. The third-order valence-electron chi connectivity index (χ3n) is 5.18. The maximum atomic E-state index is 14.6. The number of halogens is 1. The summed E-state index contributed by atoms with van der Waals surface area (Å²) in [6.45, 7) is 13.9. The van der Waals surface area contributed by atoms with Gasteiger partial charge in [0.1, 0.15) is 17.0 Å². The first-order chi connectivity index (χ1) is 12.8. The van der Waals surface area contributed by atoms with E-state index < -0.39 is 29.6 Å². The van der Waals surface area contributed by atoms with E-state index in [1.165, 1.54) is 6.08 Å². The molecule has 154 valence electrons. The fourth-order valence-electron chi connectivity index (χ4n) is 2.80. The number of likely N-dealkylation sites (tertiary alicyclic amines) is 1. The average molecular weight is 394 g/mol. The van der Waals surface area contributed by atoms with Gasteiger partial charge in [-0.25, -0.2) is 13.9 Å². The maximum absolute atomic E-state index is 14.6. The fourth-order valence-corrected chi connectivity index (χ4v) is 2.80. The molecule has 1 aromatic rings. The van der Waals surface area contributed by atoms with Crippen LogP contribution in [0.1, 0.15) is 60.2 Å². The standard InChI is InChI=1S/C18H28BFN4O4/c1-16(2,3)26-15(25)23-10-13(11-23)24-9-12(21-22-24)8-14(20)19-27-17(4,5)18(6,7)28-19/h8-9,13H,10-11H2,1-7H3. The molecule has 0 aliphatic carbocycles. The topological polar surface area (TPSA) is 78.7 Å². The Bertz CT molecular complexity index is 765. The number of rotatable bonds is 3. The van der Waals surface area contributed by atoms with Crippen molar-refractivity contribution < 1.29 is 23.2 Å². The molecule has 0 saturated carbocycles. The zero-order valence-corrected chi connectivity index (χ0v) is 17.5. The minimum Gasteiger partial charge on any atom is -0.444 e. The van der Waals surface area contributed by atoms with Gasteiger partial charge in [0.25, 0.3) is 0 Å². The Hall–Kier alpha value is -1.94. The van der Waals surface area contributed by atoms with E-state index in [4.69, 9.17) is 14.0 Å². The van der Waals surface area contributed by atoms with E-state index in [2.05, 4.69) is 10.3 Å². The van der Waals surface area contributed by atoms with Gasteiger partial charge in [-0.1, -0.05) is 5.21 Å². The van der Waals surface area contributed by atoms with Crippen LogP contribution < -0.4 is 0 Å². The molecule has 0 N–H and O–H groups in total. The summed E-state index contributed by atoms with van der Waals surface area (Å²) in [5, 5.41) is 8.02. The van der Waals surface area contributed by atoms with Gasteiger partial charge in [0.2, 0.25) is 0 Å². The summed E-state index contributed by atoms with van der Waals surface area (Å²) in [7, 11) is -1.07. The van der Waals surface area contributed by atoms with Crippen LogP contribution in [0, 0.1) is 0 Å². The van der Waals surface area contributed by atoms with Crippen LogP contribution in [0.15, 0.2) is 11.9 Å². The largest absolute Gasteiger partial charge is 0.525 e. The molecule has 10 heteroatoms. The predicted molar refractivity (Wildman–Crippen MR) is 102 cm³/mol. The SMILES string of the molecule is CC(C)(C)OC(=O)N1CC(n2cc(C=C(F)B3OC(C)(C)C(C)(C)O3)nn2)C1. The molecule has 0 aromatic carbocycles. The van der Waals surface area contributed by atoms with Gasteiger partial charge in [-0.05, 0) is 54.5 Å². The highest BCUT2D eigenvalue weighted by Crippen LogP contribution is 2.39. The molecule has 0 radical (unpaired) electrons. The summed E-state index contributed by atoms with van der Waals surface area (Å²) in [6.07, 6.45) is 2.55. The van der Waals surface area contributed by atoms with Crippen molar-refractivity contribution in [3.05, 3.63) is 17.6 Å². The van der Waals surface area contributed by atoms with E-state index in [-0.39, 0.29) is 12.1 Å². The number of hydrogen-bond donors (Lipinski definition) is 0. The molecule has 1 amide bonds. The lowest BCUT2D eigenvalue weighted by molar-refractivity contribution is -0.000616. The van der Waals surface area contributed by atoms with Crippen LogP contribution in [0.2, 0.25) is 0 Å². The molecule has 0 unspecified atom stereocenters. The molecule has 0 atom stereocenters. The summed E-state index contributed by atoms with van der Waals surface area (Å²) in [6, 6.07) is -0.0120. The van der Waals surface area contributed by atoms with Gasteiger partial charge in [0.15, 0.2) is 0 Å². The molecule has 3 heterocycles. The van der Waals surface area contributed by atoms with Crippen molar-refractivity contribution in [3.8, 4) is 0 Å². The molecule has 28 heavy (non-hydrogen) atoms. The van der Waals surface area contributed by atoms with Crippen molar-refractivity contribution in [2.24, 2.45) is 0 Å². The second-order valence-corrected chi connectivity index (χ2v) is 9.28. The van der Waals surface area contributed by atoms with Gasteiger partial charge in [-0.2, -0.15) is 0 Å². The van der Waals surface area contributed by atoms with E-state index in [0.717, 1.165) is 0 Å². The molecule has 2 fully saturated rings. The molecule has 2 aliphatic heterocycles. The first-order valence-corrected chi connectivity index (χ1v) is 9.40. The molecular formula is C18H28BFN4O4. The van der Waals surface area contributed by atoms with Gasteiger partial charge < -0.3 is 18.9 Å². The zero-order valence-electron chi connectivity index (χ0n) is 17.5. The predicted octanol–water partition coefficient (Wildman–Crippen LogP) is 3.01. The Morgan fingerprint density at radius 3 is 2.39 bits per heavy atom. The number of nitrogens with zero attached hydrogens (tertiary/aromatic N) is 4. The summed E-state index contributed by atoms with van der Waals surface area (Å²) >= 11 is 0. The normalized spacial score (nSPS) is 22.4. The Morgan fingerprint density at radius 2 is 1.86 bits per heavy atom. The average Bonchev–Trinajstić information content (AvgIpc) is 2.98. The molecule has 1 aromatic heterocycles. The van der Waals surface area contributed by atoms with Gasteiger partial charge in [-0.3, -0.25) is 0 Å². The van der Waals surface area contributed by atoms with Crippen LogP contribution in [0.25, 0.3) is 6.08 Å². The number of amides is 1. The van der Waals surface area contributed by atoms with E-state index >= 15 is 0 Å². The highest BCUT2D eigenvalue weighted by atomic mass is 19.1. The van der Waals surface area contributed by atoms with Crippen LogP contribution in [0.5, 0.6) is 0 Å². The van der Waals surface area contributed by atoms with E-state index in [9.17, 15) is 9.18 Å². The Kier molecular flexibility index (Phi) is 5.08. The number of aromatic nitrogens is 3. The van der Waals surface area contributed by atoms with Crippen molar-refractivity contribution in [2.75, 3.05) is 13.1 Å². The summed E-state index contributed by atoms with van der Waals surface area (Å²) in [5.74, 6) is 0. The summed E-state index contributed by atoms with van der Waals surface area (Å²) in [4.78, 5) is 13.6. The molecule has 0 spiro atoms. The van der Waals surface area contributed by atoms with Crippen LogP contribution in [-0.2, 0) is 14.0 Å². The summed E-state index contributed by atoms with van der Waals surface area (Å²) in [5.41, 5.74) is -1.95. The van der Waals surface area contributed by atoms with Crippen molar-refractivity contribution in [2.45, 2.75) is 71.3 Å². The van der Waals surface area contributed by atoms with E-state index in [1.807, 2.05) is 48.5 Å². The highest BCUT2D eigenvalue weighted by Gasteiger charge is 2.53. The first-order valence-electron chi connectivity index (χ1n) is 9.40. The molecular weight excluding hydrogens is 366 g/mol. The van der Waals surface area contributed by atoms with Crippen LogP contribution in [-0.4, -0.2) is 63.0 Å². The van der Waals surface area contributed by atoms with Gasteiger partial charge in [-0.15, -0.1) is 5.10 Å². The second-order valence-electron chi connectivity index (χ2n) is 9.28. The number of carbonyl (C=O) groups is 1.